The molecule has 0 aliphatic heterocycles. The number of carbonyl (C=O) groups is 1. The first-order valence-electron chi connectivity index (χ1n) is 3.77. The lowest BCUT2D eigenvalue weighted by Gasteiger charge is -2.16. The number of carbonyl (C=O) groups excluding carboxylic acids is 1. The Balaban J connectivity index is 3.65. The molecule has 5 nitrogen and oxygen atoms in total. The van der Waals surface area contributed by atoms with Gasteiger partial charge in [-0.05, 0) is 5.53 Å². The van der Waals surface area contributed by atoms with Gasteiger partial charge in [0.2, 0.25) is 5.91 Å². The highest BCUT2D eigenvalue weighted by Gasteiger charge is 2.19. The minimum Gasteiger partial charge on any atom is -0.356 e. The van der Waals surface area contributed by atoms with Crippen LogP contribution in [0.15, 0.2) is 5.11 Å². The first-order valence-corrected chi connectivity index (χ1v) is 3.77. The molecule has 0 aromatic carbocycles. The van der Waals surface area contributed by atoms with E-state index in [1.165, 1.54) is 0 Å². The zero-order valence-electron chi connectivity index (χ0n) is 7.66. The highest BCUT2D eigenvalue weighted by molar-refractivity contribution is 5.81. The second-order valence-corrected chi connectivity index (χ2v) is 3.46. The van der Waals surface area contributed by atoms with Crippen molar-refractivity contribution in [3.8, 4) is 0 Å². The molecule has 0 atom stereocenters. The van der Waals surface area contributed by atoms with Crippen LogP contribution in [-0.4, -0.2) is 19.0 Å². The molecular weight excluding hydrogens is 156 g/mol. The van der Waals surface area contributed by atoms with Gasteiger partial charge in [0.05, 0.1) is 0 Å². The van der Waals surface area contributed by atoms with Gasteiger partial charge in [-0.3, -0.25) is 4.79 Å². The standard InChI is InChI=1S/C7H14N4O/c1-7(2,3)6(12)9-4-5-10-11-8/h4-5H2,1-3H3,(H,9,12). The Labute approximate surface area is 71.8 Å². The minimum atomic E-state index is -0.379. The summed E-state index contributed by atoms with van der Waals surface area (Å²) >= 11 is 0. The number of amides is 1. The van der Waals surface area contributed by atoms with Crippen LogP contribution in [0.3, 0.4) is 0 Å². The molecule has 0 aromatic heterocycles. The SMILES string of the molecule is CC(C)(C)C(=O)NCCN=[N+]=[N-]. The average Bonchev–Trinajstić information content (AvgIpc) is 1.96. The van der Waals surface area contributed by atoms with E-state index in [0.29, 0.717) is 13.1 Å². The fourth-order valence-corrected chi connectivity index (χ4v) is 0.529. The molecule has 0 heterocycles. The first-order chi connectivity index (χ1) is 5.48. The van der Waals surface area contributed by atoms with E-state index in [9.17, 15) is 4.79 Å². The number of nitrogens with zero attached hydrogens (tertiary/aromatic N) is 3. The van der Waals surface area contributed by atoms with Gasteiger partial charge in [-0.2, -0.15) is 0 Å². The summed E-state index contributed by atoms with van der Waals surface area (Å²) in [6.07, 6.45) is 0. The van der Waals surface area contributed by atoms with Gasteiger partial charge in [0.15, 0.2) is 0 Å². The lowest BCUT2D eigenvalue weighted by Crippen LogP contribution is -2.36. The predicted molar refractivity (Wildman–Crippen MR) is 46.5 cm³/mol. The van der Waals surface area contributed by atoms with Crippen LogP contribution in [0.4, 0.5) is 0 Å². The smallest absolute Gasteiger partial charge is 0.225 e. The van der Waals surface area contributed by atoms with Gasteiger partial charge in [0.1, 0.15) is 0 Å². The van der Waals surface area contributed by atoms with Crippen molar-refractivity contribution < 1.29 is 4.79 Å². The summed E-state index contributed by atoms with van der Waals surface area (Å²) < 4.78 is 0. The minimum absolute atomic E-state index is 0.0318. The highest BCUT2D eigenvalue weighted by Crippen LogP contribution is 2.11. The van der Waals surface area contributed by atoms with Crippen LogP contribution in [0.1, 0.15) is 20.8 Å². The van der Waals surface area contributed by atoms with Crippen molar-refractivity contribution in [3.63, 3.8) is 0 Å². The molecule has 0 aromatic rings. The zero-order chi connectivity index (χ0) is 9.61. The summed E-state index contributed by atoms with van der Waals surface area (Å²) in [5.41, 5.74) is 7.56. The molecule has 0 aliphatic rings. The second-order valence-electron chi connectivity index (χ2n) is 3.46. The number of rotatable bonds is 3. The molecule has 0 radical (unpaired) electrons. The van der Waals surface area contributed by atoms with Crippen LogP contribution in [0.2, 0.25) is 0 Å². The first kappa shape index (κ1) is 10.8. The van der Waals surface area contributed by atoms with E-state index < -0.39 is 0 Å². The van der Waals surface area contributed by atoms with Gasteiger partial charge < -0.3 is 5.32 Å². The van der Waals surface area contributed by atoms with Crippen LogP contribution >= 0.6 is 0 Å². The normalized spacial score (nSPS) is 10.2. The molecular formula is C7H14N4O. The van der Waals surface area contributed by atoms with Crippen molar-refractivity contribution in [1.82, 2.24) is 5.32 Å². The Morgan fingerprint density at radius 1 is 1.58 bits per heavy atom. The van der Waals surface area contributed by atoms with Crippen molar-refractivity contribution in [1.29, 1.82) is 0 Å². The van der Waals surface area contributed by atoms with Gasteiger partial charge in [-0.15, -0.1) is 0 Å². The molecule has 0 aliphatic carbocycles. The van der Waals surface area contributed by atoms with E-state index in [4.69, 9.17) is 5.53 Å². The lowest BCUT2D eigenvalue weighted by atomic mass is 9.96. The van der Waals surface area contributed by atoms with Crippen LogP contribution in [0, 0.1) is 5.41 Å². The molecule has 0 saturated heterocycles. The van der Waals surface area contributed by atoms with Crippen molar-refractivity contribution in [2.45, 2.75) is 20.8 Å². The lowest BCUT2D eigenvalue weighted by molar-refractivity contribution is -0.128. The van der Waals surface area contributed by atoms with Crippen LogP contribution in [-0.2, 0) is 4.79 Å². The molecule has 1 amide bonds. The van der Waals surface area contributed by atoms with Crippen LogP contribution in [0.5, 0.6) is 0 Å². The molecule has 0 fully saturated rings. The third kappa shape index (κ3) is 4.57. The third-order valence-electron chi connectivity index (χ3n) is 1.24. The fraction of sp³-hybridized carbons (Fsp3) is 0.857. The number of hydrogen-bond acceptors (Lipinski definition) is 2. The molecule has 12 heavy (non-hydrogen) atoms. The number of azide groups is 1. The largest absolute Gasteiger partial charge is 0.356 e. The Morgan fingerprint density at radius 3 is 2.58 bits per heavy atom. The van der Waals surface area contributed by atoms with Gasteiger partial charge >= 0.3 is 0 Å². The zero-order valence-corrected chi connectivity index (χ0v) is 7.66. The van der Waals surface area contributed by atoms with Crippen molar-refractivity contribution in [2.75, 3.05) is 13.1 Å². The summed E-state index contributed by atoms with van der Waals surface area (Å²) in [5.74, 6) is -0.0318. The fourth-order valence-electron chi connectivity index (χ4n) is 0.529. The molecule has 0 unspecified atom stereocenters. The van der Waals surface area contributed by atoms with Crippen LogP contribution in [0.25, 0.3) is 10.4 Å². The summed E-state index contributed by atoms with van der Waals surface area (Å²) in [7, 11) is 0. The van der Waals surface area contributed by atoms with E-state index in [1.54, 1.807) is 0 Å². The topological polar surface area (TPSA) is 77.9 Å². The summed E-state index contributed by atoms with van der Waals surface area (Å²) in [6.45, 7) is 6.19. The molecule has 0 bridgehead atoms. The van der Waals surface area contributed by atoms with E-state index in [0.717, 1.165) is 0 Å². The van der Waals surface area contributed by atoms with Gasteiger partial charge in [0.25, 0.3) is 0 Å². The second kappa shape index (κ2) is 4.62. The predicted octanol–water partition coefficient (Wildman–Crippen LogP) is 1.46. The summed E-state index contributed by atoms with van der Waals surface area (Å²) in [5, 5.41) is 5.95. The molecule has 0 rings (SSSR count). The van der Waals surface area contributed by atoms with Crippen molar-refractivity contribution in [2.24, 2.45) is 10.5 Å². The van der Waals surface area contributed by atoms with Gasteiger partial charge in [-0.1, -0.05) is 25.9 Å². The molecule has 1 N–H and O–H groups in total. The number of nitrogens with one attached hydrogen (secondary N) is 1. The maximum absolute atomic E-state index is 11.2. The Morgan fingerprint density at radius 2 is 2.17 bits per heavy atom. The van der Waals surface area contributed by atoms with Gasteiger partial charge in [0, 0.05) is 23.4 Å². The van der Waals surface area contributed by atoms with E-state index in [1.807, 2.05) is 20.8 Å². The van der Waals surface area contributed by atoms with Gasteiger partial charge in [-0.25, -0.2) is 0 Å². The highest BCUT2D eigenvalue weighted by atomic mass is 16.2. The molecule has 0 saturated carbocycles. The van der Waals surface area contributed by atoms with E-state index in [2.05, 4.69) is 15.3 Å². The summed E-state index contributed by atoms with van der Waals surface area (Å²) in [6, 6.07) is 0. The molecule has 0 spiro atoms. The maximum Gasteiger partial charge on any atom is 0.225 e. The monoisotopic (exact) mass is 170 g/mol. The van der Waals surface area contributed by atoms with Crippen molar-refractivity contribution >= 4 is 5.91 Å². The maximum atomic E-state index is 11.2. The molecule has 68 valence electrons. The Kier molecular flexibility index (Phi) is 4.15. The number of hydrogen-bond donors (Lipinski definition) is 1. The van der Waals surface area contributed by atoms with Crippen molar-refractivity contribution in [3.05, 3.63) is 10.4 Å². The molecule has 5 heteroatoms. The Bertz CT molecular complexity index is 200. The third-order valence-corrected chi connectivity index (χ3v) is 1.24. The van der Waals surface area contributed by atoms with E-state index in [-0.39, 0.29) is 11.3 Å². The average molecular weight is 170 g/mol. The Hall–Kier alpha value is -1.22. The van der Waals surface area contributed by atoms with Crippen LogP contribution < -0.4 is 5.32 Å². The summed E-state index contributed by atoms with van der Waals surface area (Å²) in [4.78, 5) is 13.8. The van der Waals surface area contributed by atoms with E-state index >= 15 is 0 Å². The quantitative estimate of drug-likeness (QED) is 0.296.